The molecule has 0 spiro atoms. The van der Waals surface area contributed by atoms with E-state index in [2.05, 4.69) is 5.32 Å². The molecule has 6 nitrogen and oxygen atoms in total. The number of nitrogens with one attached hydrogen (secondary N) is 1. The van der Waals surface area contributed by atoms with Crippen LogP contribution in [0.25, 0.3) is 0 Å². The number of amides is 2. The van der Waals surface area contributed by atoms with Gasteiger partial charge in [-0.1, -0.05) is 12.1 Å². The third-order valence-corrected chi connectivity index (χ3v) is 5.02. The molecule has 2 fully saturated rings. The van der Waals surface area contributed by atoms with E-state index in [1.165, 1.54) is 0 Å². The Morgan fingerprint density at radius 2 is 1.64 bits per heavy atom. The zero-order valence-corrected chi connectivity index (χ0v) is 14.2. The van der Waals surface area contributed by atoms with Gasteiger partial charge in [0.05, 0.1) is 5.56 Å². The standard InChI is InChI=1S/C19H24N2O4/c22-17(14-8-11-21(12-9-14)18(23)15-5-6-15)20-10-7-13-1-3-16(4-2-13)19(24)25/h1-4,14-15H,5-12H2,(H,20,22)(H,24,25). The van der Waals surface area contributed by atoms with Crippen LogP contribution in [0, 0.1) is 11.8 Å². The minimum atomic E-state index is -0.939. The molecule has 1 aromatic rings. The quantitative estimate of drug-likeness (QED) is 0.822. The van der Waals surface area contributed by atoms with Gasteiger partial charge in [0.15, 0.2) is 0 Å². The first kappa shape index (κ1) is 17.5. The molecule has 134 valence electrons. The predicted octanol–water partition coefficient (Wildman–Crippen LogP) is 1.69. The first-order valence-corrected chi connectivity index (χ1v) is 8.93. The molecule has 1 aliphatic carbocycles. The van der Waals surface area contributed by atoms with Crippen LogP contribution >= 0.6 is 0 Å². The van der Waals surface area contributed by atoms with E-state index in [-0.39, 0.29) is 29.2 Å². The van der Waals surface area contributed by atoms with Crippen molar-refractivity contribution < 1.29 is 19.5 Å². The highest BCUT2D eigenvalue weighted by molar-refractivity contribution is 5.87. The first-order valence-electron chi connectivity index (χ1n) is 8.93. The van der Waals surface area contributed by atoms with Crippen LogP contribution in [0.4, 0.5) is 0 Å². The van der Waals surface area contributed by atoms with Crippen molar-refractivity contribution >= 4 is 17.8 Å². The maximum Gasteiger partial charge on any atom is 0.335 e. The molecule has 2 N–H and O–H groups in total. The zero-order valence-electron chi connectivity index (χ0n) is 14.2. The smallest absolute Gasteiger partial charge is 0.335 e. The Hall–Kier alpha value is -2.37. The Labute approximate surface area is 147 Å². The highest BCUT2D eigenvalue weighted by Crippen LogP contribution is 2.32. The van der Waals surface area contributed by atoms with Gasteiger partial charge in [-0.05, 0) is 49.8 Å². The molecule has 1 heterocycles. The van der Waals surface area contributed by atoms with Gasteiger partial charge in [0.25, 0.3) is 0 Å². The monoisotopic (exact) mass is 344 g/mol. The van der Waals surface area contributed by atoms with Crippen molar-refractivity contribution in [1.29, 1.82) is 0 Å². The van der Waals surface area contributed by atoms with E-state index in [1.807, 2.05) is 4.90 Å². The number of likely N-dealkylation sites (tertiary alicyclic amines) is 1. The van der Waals surface area contributed by atoms with Gasteiger partial charge in [0.1, 0.15) is 0 Å². The third-order valence-electron chi connectivity index (χ3n) is 5.02. The van der Waals surface area contributed by atoms with Crippen molar-refractivity contribution in [3.05, 3.63) is 35.4 Å². The second kappa shape index (κ2) is 7.68. The molecule has 2 amide bonds. The van der Waals surface area contributed by atoms with E-state index in [1.54, 1.807) is 24.3 Å². The van der Waals surface area contributed by atoms with Crippen molar-refractivity contribution in [1.82, 2.24) is 10.2 Å². The predicted molar refractivity (Wildman–Crippen MR) is 92.1 cm³/mol. The Bertz CT molecular complexity index is 644. The molecule has 0 bridgehead atoms. The number of benzene rings is 1. The lowest BCUT2D eigenvalue weighted by Crippen LogP contribution is -2.43. The Balaban J connectivity index is 1.38. The zero-order chi connectivity index (χ0) is 17.8. The maximum absolute atomic E-state index is 12.3. The van der Waals surface area contributed by atoms with Crippen molar-refractivity contribution in [2.24, 2.45) is 11.8 Å². The summed E-state index contributed by atoms with van der Waals surface area (Å²) in [6, 6.07) is 6.70. The molecule has 3 rings (SSSR count). The second-order valence-electron chi connectivity index (χ2n) is 6.92. The lowest BCUT2D eigenvalue weighted by Gasteiger charge is -2.31. The molecule has 1 aliphatic heterocycles. The summed E-state index contributed by atoms with van der Waals surface area (Å²) >= 11 is 0. The fraction of sp³-hybridized carbons (Fsp3) is 0.526. The normalized spacial score (nSPS) is 18.0. The molecule has 0 atom stereocenters. The number of rotatable bonds is 6. The van der Waals surface area contributed by atoms with E-state index in [0.29, 0.717) is 26.1 Å². The molecule has 0 radical (unpaired) electrons. The average molecular weight is 344 g/mol. The minimum Gasteiger partial charge on any atom is -0.478 e. The number of carboxylic acid groups (broad SMARTS) is 1. The molecule has 6 heteroatoms. The SMILES string of the molecule is O=C(O)c1ccc(CCNC(=O)C2CCN(C(=O)C3CC3)CC2)cc1. The number of carbonyl (C=O) groups is 3. The van der Waals surface area contributed by atoms with Gasteiger partial charge in [0, 0.05) is 31.5 Å². The summed E-state index contributed by atoms with van der Waals surface area (Å²) < 4.78 is 0. The largest absolute Gasteiger partial charge is 0.478 e. The first-order chi connectivity index (χ1) is 12.0. The Morgan fingerprint density at radius 1 is 1.00 bits per heavy atom. The number of aromatic carboxylic acids is 1. The molecule has 0 aromatic heterocycles. The van der Waals surface area contributed by atoms with Crippen LogP contribution in [-0.2, 0) is 16.0 Å². The van der Waals surface area contributed by atoms with Gasteiger partial charge in [0.2, 0.25) is 11.8 Å². The van der Waals surface area contributed by atoms with Gasteiger partial charge < -0.3 is 15.3 Å². The molecule has 2 aliphatic rings. The van der Waals surface area contributed by atoms with E-state index < -0.39 is 5.97 Å². The average Bonchev–Trinajstić information content (AvgIpc) is 3.47. The minimum absolute atomic E-state index is 0.0161. The Morgan fingerprint density at radius 3 is 2.20 bits per heavy atom. The van der Waals surface area contributed by atoms with Crippen LogP contribution in [0.3, 0.4) is 0 Å². The summed E-state index contributed by atoms with van der Waals surface area (Å²) in [5.74, 6) is -0.383. The lowest BCUT2D eigenvalue weighted by molar-refractivity contribution is -0.136. The molecular weight excluding hydrogens is 320 g/mol. The molecule has 1 aromatic carbocycles. The van der Waals surface area contributed by atoms with Crippen LogP contribution in [0.15, 0.2) is 24.3 Å². The summed E-state index contributed by atoms with van der Waals surface area (Å²) in [6.07, 6.45) is 4.18. The summed E-state index contributed by atoms with van der Waals surface area (Å²) in [5, 5.41) is 11.8. The van der Waals surface area contributed by atoms with Crippen molar-refractivity contribution in [3.8, 4) is 0 Å². The lowest BCUT2D eigenvalue weighted by atomic mass is 9.95. The Kier molecular flexibility index (Phi) is 5.36. The van der Waals surface area contributed by atoms with Crippen molar-refractivity contribution in [2.45, 2.75) is 32.1 Å². The van der Waals surface area contributed by atoms with E-state index in [0.717, 1.165) is 31.2 Å². The van der Waals surface area contributed by atoms with Crippen LogP contribution in [-0.4, -0.2) is 47.4 Å². The number of piperidine rings is 1. The van der Waals surface area contributed by atoms with Crippen molar-refractivity contribution in [3.63, 3.8) is 0 Å². The topological polar surface area (TPSA) is 86.7 Å². The summed E-state index contributed by atoms with van der Waals surface area (Å²) in [7, 11) is 0. The van der Waals surface area contributed by atoms with Gasteiger partial charge in [-0.15, -0.1) is 0 Å². The fourth-order valence-electron chi connectivity index (χ4n) is 3.24. The number of nitrogens with zero attached hydrogens (tertiary/aromatic N) is 1. The molecular formula is C19H24N2O4. The number of carbonyl (C=O) groups excluding carboxylic acids is 2. The van der Waals surface area contributed by atoms with E-state index >= 15 is 0 Å². The maximum atomic E-state index is 12.3. The van der Waals surface area contributed by atoms with Crippen LogP contribution in [0.5, 0.6) is 0 Å². The highest BCUT2D eigenvalue weighted by Gasteiger charge is 2.35. The van der Waals surface area contributed by atoms with Crippen LogP contribution in [0.1, 0.15) is 41.6 Å². The third kappa shape index (κ3) is 4.59. The molecule has 1 saturated heterocycles. The van der Waals surface area contributed by atoms with Crippen LogP contribution in [0.2, 0.25) is 0 Å². The number of carboxylic acids is 1. The van der Waals surface area contributed by atoms with Crippen molar-refractivity contribution in [2.75, 3.05) is 19.6 Å². The van der Waals surface area contributed by atoms with Gasteiger partial charge in [-0.3, -0.25) is 9.59 Å². The molecule has 1 saturated carbocycles. The summed E-state index contributed by atoms with van der Waals surface area (Å²) in [4.78, 5) is 37.0. The molecule has 0 unspecified atom stereocenters. The van der Waals surface area contributed by atoms with Gasteiger partial charge >= 0.3 is 5.97 Å². The number of hydrogen-bond acceptors (Lipinski definition) is 3. The second-order valence-corrected chi connectivity index (χ2v) is 6.92. The summed E-state index contributed by atoms with van der Waals surface area (Å²) in [6.45, 7) is 1.90. The fourth-order valence-corrected chi connectivity index (χ4v) is 3.24. The van der Waals surface area contributed by atoms with Crippen LogP contribution < -0.4 is 5.32 Å². The van der Waals surface area contributed by atoms with Gasteiger partial charge in [-0.25, -0.2) is 4.79 Å². The molecule has 25 heavy (non-hydrogen) atoms. The highest BCUT2D eigenvalue weighted by atomic mass is 16.4. The number of hydrogen-bond donors (Lipinski definition) is 2. The van der Waals surface area contributed by atoms with E-state index in [9.17, 15) is 14.4 Å². The van der Waals surface area contributed by atoms with Gasteiger partial charge in [-0.2, -0.15) is 0 Å². The van der Waals surface area contributed by atoms with E-state index in [4.69, 9.17) is 5.11 Å². The summed E-state index contributed by atoms with van der Waals surface area (Å²) in [5.41, 5.74) is 1.26.